The summed E-state index contributed by atoms with van der Waals surface area (Å²) in [5.74, 6) is -0.703. The van der Waals surface area contributed by atoms with E-state index in [1.807, 2.05) is 43.3 Å². The summed E-state index contributed by atoms with van der Waals surface area (Å²) >= 11 is 0. The summed E-state index contributed by atoms with van der Waals surface area (Å²) in [6, 6.07) is 16.7. The van der Waals surface area contributed by atoms with Crippen LogP contribution in [0.4, 0.5) is 10.1 Å². The van der Waals surface area contributed by atoms with Gasteiger partial charge in [0.1, 0.15) is 18.0 Å². The maximum atomic E-state index is 12.9. The van der Waals surface area contributed by atoms with E-state index < -0.39 is 24.1 Å². The highest BCUT2D eigenvalue weighted by atomic mass is 19.1. The molecule has 0 fully saturated rings. The highest BCUT2D eigenvalue weighted by Gasteiger charge is 2.09. The Balaban J connectivity index is 1.60. The third-order valence-corrected chi connectivity index (χ3v) is 4.06. The monoisotopic (exact) mass is 393 g/mol. The molecule has 0 aliphatic rings. The molecule has 0 atom stereocenters. The van der Waals surface area contributed by atoms with Gasteiger partial charge in [-0.05, 0) is 48.7 Å². The third kappa shape index (κ3) is 5.38. The molecule has 2 amide bonds. The van der Waals surface area contributed by atoms with Gasteiger partial charge in [-0.1, -0.05) is 24.3 Å². The van der Waals surface area contributed by atoms with Crippen molar-refractivity contribution in [1.82, 2.24) is 5.43 Å². The van der Waals surface area contributed by atoms with Gasteiger partial charge in [0.2, 0.25) is 11.8 Å². The molecule has 0 aromatic heterocycles. The van der Waals surface area contributed by atoms with Crippen LogP contribution in [0.25, 0.3) is 10.8 Å². The molecule has 3 aromatic carbocycles. The van der Waals surface area contributed by atoms with Crippen LogP contribution >= 0.6 is 0 Å². The van der Waals surface area contributed by atoms with Crippen LogP contribution in [-0.2, 0) is 9.59 Å². The van der Waals surface area contributed by atoms with Crippen LogP contribution < -0.4 is 15.5 Å². The third-order valence-electron chi connectivity index (χ3n) is 4.06. The average molecular weight is 393 g/mol. The molecule has 0 saturated carbocycles. The van der Waals surface area contributed by atoms with Gasteiger partial charge >= 0.3 is 0 Å². The summed E-state index contributed by atoms with van der Waals surface area (Å²) in [5.41, 5.74) is 3.56. The first-order valence-electron chi connectivity index (χ1n) is 9.08. The summed E-state index contributed by atoms with van der Waals surface area (Å²) < 4.78 is 18.5. The minimum atomic E-state index is -0.559. The maximum Gasteiger partial charge on any atom is 0.249 e. The Morgan fingerprint density at radius 2 is 1.72 bits per heavy atom. The Hall–Kier alpha value is -3.74. The Kier molecular flexibility index (Phi) is 6.52. The summed E-state index contributed by atoms with van der Waals surface area (Å²) in [5, 5.41) is 8.35. The van der Waals surface area contributed by atoms with Gasteiger partial charge in [-0.2, -0.15) is 5.10 Å². The standard InChI is InChI=1S/C22H20FN3O3/c1-2-29-20-12-7-15(18-5-3-4-6-19(18)20)14-24-26-22(28)13-21(27)25-17-10-8-16(23)9-11-17/h3-12,14H,2,13H2,1H3,(H,25,27)(H,26,28). The van der Waals surface area contributed by atoms with Crippen molar-refractivity contribution in [3.05, 3.63) is 72.0 Å². The number of hydrogen-bond donors (Lipinski definition) is 2. The number of benzene rings is 3. The summed E-state index contributed by atoms with van der Waals surface area (Å²) in [6.07, 6.45) is 1.12. The van der Waals surface area contributed by atoms with Crippen molar-refractivity contribution in [3.63, 3.8) is 0 Å². The fraction of sp³-hybridized carbons (Fsp3) is 0.136. The number of anilines is 1. The zero-order valence-corrected chi connectivity index (χ0v) is 15.8. The number of carbonyl (C=O) groups excluding carboxylic acids is 2. The number of carbonyl (C=O) groups is 2. The van der Waals surface area contributed by atoms with Gasteiger partial charge in [0.05, 0.1) is 12.8 Å². The number of nitrogens with zero attached hydrogens (tertiary/aromatic N) is 1. The van der Waals surface area contributed by atoms with Gasteiger partial charge in [0.15, 0.2) is 0 Å². The average Bonchev–Trinajstić information content (AvgIpc) is 2.71. The number of amides is 2. The number of nitrogens with one attached hydrogen (secondary N) is 2. The van der Waals surface area contributed by atoms with Gasteiger partial charge in [-0.15, -0.1) is 0 Å². The van der Waals surface area contributed by atoms with Crippen LogP contribution in [0.1, 0.15) is 18.9 Å². The van der Waals surface area contributed by atoms with E-state index in [4.69, 9.17) is 4.74 Å². The largest absolute Gasteiger partial charge is 0.493 e. The fourth-order valence-electron chi connectivity index (χ4n) is 2.79. The van der Waals surface area contributed by atoms with E-state index >= 15 is 0 Å². The van der Waals surface area contributed by atoms with Crippen molar-refractivity contribution in [1.29, 1.82) is 0 Å². The van der Waals surface area contributed by atoms with Gasteiger partial charge < -0.3 is 10.1 Å². The van der Waals surface area contributed by atoms with E-state index in [1.165, 1.54) is 30.5 Å². The summed E-state index contributed by atoms with van der Waals surface area (Å²) in [6.45, 7) is 2.49. The Morgan fingerprint density at radius 1 is 1.00 bits per heavy atom. The van der Waals surface area contributed by atoms with E-state index in [2.05, 4.69) is 15.8 Å². The van der Waals surface area contributed by atoms with E-state index in [9.17, 15) is 14.0 Å². The topological polar surface area (TPSA) is 79.8 Å². The molecule has 0 radical (unpaired) electrons. The highest BCUT2D eigenvalue weighted by Crippen LogP contribution is 2.27. The number of halogens is 1. The quantitative estimate of drug-likeness (QED) is 0.363. The van der Waals surface area contributed by atoms with E-state index in [-0.39, 0.29) is 0 Å². The lowest BCUT2D eigenvalue weighted by Gasteiger charge is -2.09. The molecule has 0 heterocycles. The molecule has 0 aliphatic carbocycles. The molecule has 0 unspecified atom stereocenters. The molecule has 0 saturated heterocycles. The fourth-order valence-corrected chi connectivity index (χ4v) is 2.79. The molecule has 7 heteroatoms. The molecule has 0 bridgehead atoms. The van der Waals surface area contributed by atoms with Crippen molar-refractivity contribution >= 4 is 34.5 Å². The van der Waals surface area contributed by atoms with Crippen LogP contribution in [-0.4, -0.2) is 24.6 Å². The van der Waals surface area contributed by atoms with Crippen molar-refractivity contribution in [2.45, 2.75) is 13.3 Å². The SMILES string of the molecule is CCOc1ccc(C=NNC(=O)CC(=O)Nc2ccc(F)cc2)c2ccccc12. The van der Waals surface area contributed by atoms with E-state index in [1.54, 1.807) is 0 Å². The first-order valence-corrected chi connectivity index (χ1v) is 9.08. The molecule has 148 valence electrons. The second-order valence-corrected chi connectivity index (χ2v) is 6.16. The van der Waals surface area contributed by atoms with Crippen molar-refractivity contribution < 1.29 is 18.7 Å². The number of rotatable bonds is 7. The van der Waals surface area contributed by atoms with Gasteiger partial charge in [-0.25, -0.2) is 9.82 Å². The number of hydrogen-bond acceptors (Lipinski definition) is 4. The first-order chi connectivity index (χ1) is 14.1. The van der Waals surface area contributed by atoms with Crippen molar-refractivity contribution in [2.75, 3.05) is 11.9 Å². The molecule has 0 spiro atoms. The molecule has 29 heavy (non-hydrogen) atoms. The van der Waals surface area contributed by atoms with Crippen molar-refractivity contribution in [3.8, 4) is 5.75 Å². The molecular weight excluding hydrogens is 373 g/mol. The Labute approximate surface area is 167 Å². The zero-order chi connectivity index (χ0) is 20.6. The number of hydrazone groups is 1. The zero-order valence-electron chi connectivity index (χ0n) is 15.8. The second-order valence-electron chi connectivity index (χ2n) is 6.16. The minimum Gasteiger partial charge on any atom is -0.493 e. The second kappa shape index (κ2) is 9.45. The summed E-state index contributed by atoms with van der Waals surface area (Å²) in [4.78, 5) is 23.8. The van der Waals surface area contributed by atoms with Crippen LogP contribution in [0.2, 0.25) is 0 Å². The van der Waals surface area contributed by atoms with Crippen LogP contribution in [0.5, 0.6) is 5.75 Å². The Morgan fingerprint density at radius 3 is 2.45 bits per heavy atom. The molecule has 3 aromatic rings. The lowest BCUT2D eigenvalue weighted by atomic mass is 10.0. The highest BCUT2D eigenvalue weighted by molar-refractivity contribution is 6.05. The van der Waals surface area contributed by atoms with Gasteiger partial charge in [-0.3, -0.25) is 9.59 Å². The molecule has 3 rings (SSSR count). The number of ether oxygens (including phenoxy) is 1. The van der Waals surface area contributed by atoms with Crippen molar-refractivity contribution in [2.24, 2.45) is 5.10 Å². The van der Waals surface area contributed by atoms with E-state index in [0.717, 1.165) is 22.1 Å². The lowest BCUT2D eigenvalue weighted by Crippen LogP contribution is -2.24. The number of fused-ring (bicyclic) bond motifs is 1. The lowest BCUT2D eigenvalue weighted by molar-refractivity contribution is -0.126. The van der Waals surface area contributed by atoms with Crippen LogP contribution in [0.15, 0.2) is 65.8 Å². The van der Waals surface area contributed by atoms with Crippen LogP contribution in [0, 0.1) is 5.82 Å². The predicted octanol–water partition coefficient (Wildman–Crippen LogP) is 3.86. The predicted molar refractivity (Wildman–Crippen MR) is 111 cm³/mol. The normalized spacial score (nSPS) is 10.8. The van der Waals surface area contributed by atoms with Crippen LogP contribution in [0.3, 0.4) is 0 Å². The first kappa shape index (κ1) is 20.0. The maximum absolute atomic E-state index is 12.9. The molecule has 6 nitrogen and oxygen atoms in total. The molecule has 2 N–H and O–H groups in total. The van der Waals surface area contributed by atoms with Gasteiger partial charge in [0, 0.05) is 16.6 Å². The smallest absolute Gasteiger partial charge is 0.249 e. The summed E-state index contributed by atoms with van der Waals surface area (Å²) in [7, 11) is 0. The van der Waals surface area contributed by atoms with E-state index in [0.29, 0.717) is 12.3 Å². The Bertz CT molecular complexity index is 1050. The van der Waals surface area contributed by atoms with Gasteiger partial charge in [0.25, 0.3) is 0 Å². The minimum absolute atomic E-state index is 0.404. The molecule has 0 aliphatic heterocycles. The molecular formula is C22H20FN3O3.